The monoisotopic (exact) mass is 332 g/mol. The molecule has 1 aromatic heterocycles. The normalized spacial score (nSPS) is 10.3. The van der Waals surface area contributed by atoms with Gasteiger partial charge in [-0.1, -0.05) is 23.2 Å². The first-order valence-electron chi connectivity index (χ1n) is 4.60. The van der Waals surface area contributed by atoms with Crippen LogP contribution in [0.5, 0.6) is 11.6 Å². The fourth-order valence-corrected chi connectivity index (χ4v) is 2.08. The van der Waals surface area contributed by atoms with Crippen LogP contribution in [0.15, 0.2) is 34.9 Å². The smallest absolute Gasteiger partial charge is 0.238 e. The summed E-state index contributed by atoms with van der Waals surface area (Å²) in [5.74, 6) is 0.749. The lowest BCUT2D eigenvalue weighted by molar-refractivity contribution is 0.463. The van der Waals surface area contributed by atoms with Gasteiger partial charge in [0.1, 0.15) is 10.8 Å². The molecule has 0 bridgehead atoms. The maximum Gasteiger partial charge on any atom is 0.238 e. The van der Waals surface area contributed by atoms with E-state index in [4.69, 9.17) is 33.7 Å². The van der Waals surface area contributed by atoms with E-state index in [0.717, 1.165) is 4.47 Å². The number of nitrogens with two attached hydrogens (primary N) is 1. The van der Waals surface area contributed by atoms with Crippen LogP contribution in [0.4, 0.5) is 5.69 Å². The minimum atomic E-state index is 0.293. The molecular formula is C11H7BrCl2N2O. The number of hydrogen-bond acceptors (Lipinski definition) is 3. The topological polar surface area (TPSA) is 48.1 Å². The van der Waals surface area contributed by atoms with Crippen LogP contribution < -0.4 is 10.5 Å². The Kier molecular flexibility index (Phi) is 3.76. The van der Waals surface area contributed by atoms with Gasteiger partial charge in [-0.2, -0.15) is 0 Å². The number of halogens is 3. The molecule has 3 nitrogen and oxygen atoms in total. The van der Waals surface area contributed by atoms with Gasteiger partial charge in [0.25, 0.3) is 0 Å². The lowest BCUT2D eigenvalue weighted by atomic mass is 10.3. The Balaban J connectivity index is 2.31. The number of nitrogens with zero attached hydrogens (tertiary/aromatic N) is 1. The molecular weight excluding hydrogens is 327 g/mol. The first-order chi connectivity index (χ1) is 8.06. The standard InChI is InChI=1S/C11H7BrCl2N2O/c12-6-3-9(14)11(16-5-6)17-10-2-1-7(15)4-8(10)13/h1-5H,15H2. The third kappa shape index (κ3) is 3.03. The zero-order valence-electron chi connectivity index (χ0n) is 8.45. The van der Waals surface area contributed by atoms with E-state index in [1.54, 1.807) is 30.5 Å². The molecule has 0 radical (unpaired) electrons. The van der Waals surface area contributed by atoms with Gasteiger partial charge in [-0.05, 0) is 40.2 Å². The van der Waals surface area contributed by atoms with Crippen molar-refractivity contribution in [3.8, 4) is 11.6 Å². The molecule has 0 saturated heterocycles. The zero-order chi connectivity index (χ0) is 12.4. The number of hydrogen-bond donors (Lipinski definition) is 1. The Labute approximate surface area is 117 Å². The van der Waals surface area contributed by atoms with E-state index in [2.05, 4.69) is 20.9 Å². The molecule has 88 valence electrons. The van der Waals surface area contributed by atoms with Crippen molar-refractivity contribution >= 4 is 44.8 Å². The van der Waals surface area contributed by atoms with Crippen molar-refractivity contribution < 1.29 is 4.74 Å². The second-order valence-corrected chi connectivity index (χ2v) is 4.96. The van der Waals surface area contributed by atoms with E-state index >= 15 is 0 Å². The molecule has 0 aliphatic heterocycles. The number of pyridine rings is 1. The second-order valence-electron chi connectivity index (χ2n) is 3.23. The third-order valence-corrected chi connectivity index (χ3v) is 2.94. The molecule has 2 N–H and O–H groups in total. The van der Waals surface area contributed by atoms with Gasteiger partial charge in [-0.3, -0.25) is 0 Å². The van der Waals surface area contributed by atoms with Crippen LogP contribution in [0.25, 0.3) is 0 Å². The van der Waals surface area contributed by atoms with Crippen molar-refractivity contribution in [1.82, 2.24) is 4.98 Å². The summed E-state index contributed by atoms with van der Waals surface area (Å²) in [4.78, 5) is 4.05. The Hall–Kier alpha value is -0.970. The highest BCUT2D eigenvalue weighted by atomic mass is 79.9. The summed E-state index contributed by atoms with van der Waals surface area (Å²) in [5.41, 5.74) is 6.15. The first kappa shape index (κ1) is 12.5. The number of benzene rings is 1. The Morgan fingerprint density at radius 1 is 1.18 bits per heavy atom. The zero-order valence-corrected chi connectivity index (χ0v) is 11.6. The van der Waals surface area contributed by atoms with Crippen molar-refractivity contribution in [2.24, 2.45) is 0 Å². The molecule has 17 heavy (non-hydrogen) atoms. The molecule has 1 heterocycles. The lowest BCUT2D eigenvalue weighted by Gasteiger charge is -2.08. The summed E-state index contributed by atoms with van der Waals surface area (Å²) < 4.78 is 6.27. The highest BCUT2D eigenvalue weighted by Gasteiger charge is 2.08. The van der Waals surface area contributed by atoms with E-state index in [1.807, 2.05) is 0 Å². The first-order valence-corrected chi connectivity index (χ1v) is 6.15. The molecule has 6 heteroatoms. The molecule has 0 unspecified atom stereocenters. The van der Waals surface area contributed by atoms with Crippen LogP contribution in [-0.2, 0) is 0 Å². The van der Waals surface area contributed by atoms with Gasteiger partial charge in [0.05, 0.1) is 5.02 Å². The van der Waals surface area contributed by atoms with E-state index < -0.39 is 0 Å². The maximum absolute atomic E-state index is 5.98. The van der Waals surface area contributed by atoms with Gasteiger partial charge >= 0.3 is 0 Å². The van der Waals surface area contributed by atoms with Crippen molar-refractivity contribution in [2.75, 3.05) is 5.73 Å². The lowest BCUT2D eigenvalue weighted by Crippen LogP contribution is -1.91. The van der Waals surface area contributed by atoms with Crippen LogP contribution in [0.2, 0.25) is 10.0 Å². The molecule has 1 aromatic carbocycles. The quantitative estimate of drug-likeness (QED) is 0.821. The Morgan fingerprint density at radius 2 is 1.94 bits per heavy atom. The summed E-state index contributed by atoms with van der Waals surface area (Å²) >= 11 is 15.2. The summed E-state index contributed by atoms with van der Waals surface area (Å²) in [7, 11) is 0. The van der Waals surface area contributed by atoms with Crippen LogP contribution in [-0.4, -0.2) is 4.98 Å². The number of nitrogen functional groups attached to an aromatic ring is 1. The van der Waals surface area contributed by atoms with Crippen molar-refractivity contribution in [3.05, 3.63) is 45.0 Å². The van der Waals surface area contributed by atoms with Gasteiger partial charge in [-0.25, -0.2) is 4.98 Å². The van der Waals surface area contributed by atoms with E-state index in [-0.39, 0.29) is 0 Å². The fourth-order valence-electron chi connectivity index (χ4n) is 1.18. The van der Waals surface area contributed by atoms with Gasteiger partial charge < -0.3 is 10.5 Å². The molecule has 2 aromatic rings. The average molecular weight is 334 g/mol. The molecule has 0 atom stereocenters. The van der Waals surface area contributed by atoms with Crippen molar-refractivity contribution in [3.63, 3.8) is 0 Å². The molecule has 0 saturated carbocycles. The van der Waals surface area contributed by atoms with Crippen molar-refractivity contribution in [1.29, 1.82) is 0 Å². The maximum atomic E-state index is 5.98. The van der Waals surface area contributed by atoms with Crippen LogP contribution >= 0.6 is 39.1 Å². The van der Waals surface area contributed by atoms with Crippen LogP contribution in [0, 0.1) is 0 Å². The predicted octanol–water partition coefficient (Wildman–Crippen LogP) is 4.53. The average Bonchev–Trinajstić information content (AvgIpc) is 2.25. The highest BCUT2D eigenvalue weighted by Crippen LogP contribution is 2.33. The Morgan fingerprint density at radius 3 is 2.59 bits per heavy atom. The molecule has 0 spiro atoms. The van der Waals surface area contributed by atoms with E-state index in [9.17, 15) is 0 Å². The minimum Gasteiger partial charge on any atom is -0.436 e. The molecule has 0 amide bonds. The number of rotatable bonds is 2. The largest absolute Gasteiger partial charge is 0.436 e. The number of aromatic nitrogens is 1. The molecule has 2 rings (SSSR count). The summed E-state index contributed by atoms with van der Waals surface area (Å²) in [6.45, 7) is 0. The second kappa shape index (κ2) is 5.12. The predicted molar refractivity (Wildman–Crippen MR) is 72.9 cm³/mol. The summed E-state index contributed by atoms with van der Waals surface area (Å²) in [5, 5.41) is 0.804. The van der Waals surface area contributed by atoms with Crippen LogP contribution in [0.3, 0.4) is 0 Å². The number of anilines is 1. The fraction of sp³-hybridized carbons (Fsp3) is 0. The number of ether oxygens (including phenoxy) is 1. The molecule has 0 fully saturated rings. The minimum absolute atomic E-state index is 0.293. The van der Waals surface area contributed by atoms with E-state index in [1.165, 1.54) is 0 Å². The van der Waals surface area contributed by atoms with E-state index in [0.29, 0.717) is 27.4 Å². The van der Waals surface area contributed by atoms with Gasteiger partial charge in [0, 0.05) is 16.4 Å². The SMILES string of the molecule is Nc1ccc(Oc2ncc(Br)cc2Cl)c(Cl)c1. The van der Waals surface area contributed by atoms with Gasteiger partial charge in [-0.15, -0.1) is 0 Å². The third-order valence-electron chi connectivity index (χ3n) is 1.94. The summed E-state index contributed by atoms with van der Waals surface area (Å²) in [6, 6.07) is 6.64. The van der Waals surface area contributed by atoms with Gasteiger partial charge in [0.15, 0.2) is 0 Å². The Bertz CT molecular complexity index is 514. The van der Waals surface area contributed by atoms with Crippen molar-refractivity contribution in [2.45, 2.75) is 0 Å². The molecule has 0 aliphatic carbocycles. The van der Waals surface area contributed by atoms with Gasteiger partial charge in [0.2, 0.25) is 5.88 Å². The van der Waals surface area contributed by atoms with Crippen LogP contribution in [0.1, 0.15) is 0 Å². The summed E-state index contributed by atoms with van der Waals surface area (Å²) in [6.07, 6.45) is 1.59. The molecule has 0 aliphatic rings. The highest BCUT2D eigenvalue weighted by molar-refractivity contribution is 9.10.